The van der Waals surface area contributed by atoms with Gasteiger partial charge in [0, 0.05) is 0 Å². The summed E-state index contributed by atoms with van der Waals surface area (Å²) >= 11 is -2.89. The molecule has 4 aromatic carbocycles. The van der Waals surface area contributed by atoms with Crippen LogP contribution in [0.3, 0.4) is 0 Å². The topological polar surface area (TPSA) is 0 Å². The molecule has 0 nitrogen and oxygen atoms in total. The Morgan fingerprint density at radius 3 is 1.36 bits per heavy atom. The Kier molecular flexibility index (Phi) is 8.54. The molecule has 0 fully saturated rings. The summed E-state index contributed by atoms with van der Waals surface area (Å²) in [4.78, 5) is 0. The van der Waals surface area contributed by atoms with Gasteiger partial charge in [-0.2, -0.15) is 0 Å². The van der Waals surface area contributed by atoms with E-state index in [0.717, 1.165) is 0 Å². The van der Waals surface area contributed by atoms with Crippen LogP contribution in [0.1, 0.15) is 25.9 Å². The first kappa shape index (κ1) is 31.7. The molecule has 224 valence electrons. The maximum atomic E-state index is 2.88. The normalized spacial score (nSPS) is 16.9. The molecule has 1 atom stereocenters. The Labute approximate surface area is 277 Å². The van der Waals surface area contributed by atoms with E-state index in [1.54, 1.807) is 19.5 Å². The van der Waals surface area contributed by atoms with Gasteiger partial charge >= 0.3 is 279 Å². The van der Waals surface area contributed by atoms with Crippen LogP contribution in [0, 0.1) is 0 Å². The van der Waals surface area contributed by atoms with Crippen LogP contribution in [0.2, 0.25) is 64.5 Å². The molecule has 1 unspecified atom stereocenters. The Bertz CT molecular complexity index is 1710. The molecule has 0 N–H and O–H groups in total. The van der Waals surface area contributed by atoms with Gasteiger partial charge in [0.05, 0.1) is 0 Å². The van der Waals surface area contributed by atoms with Crippen molar-refractivity contribution in [1.82, 2.24) is 0 Å². The summed E-state index contributed by atoms with van der Waals surface area (Å²) < 4.78 is 4.10. The van der Waals surface area contributed by atoms with E-state index in [9.17, 15) is 0 Å². The maximum absolute atomic E-state index is 2.89. The molecule has 2 aliphatic rings. The molecule has 6 rings (SSSR count). The molecular formula is C40H48Si3Zr. The SMILES string of the molecule is C[Si](C)(C)C1=CC([Si](C)(C)C)[C]([Zr](=[C](c2ccccc2)c2ccccc2)[CH]2c3ccccc3-c3ccccc32)=C1[Si](C)(C)C. The molecule has 0 saturated heterocycles. The van der Waals surface area contributed by atoms with Gasteiger partial charge in [0.25, 0.3) is 0 Å². The van der Waals surface area contributed by atoms with E-state index in [2.05, 4.69) is 174 Å². The Hall–Kier alpha value is -2.24. The van der Waals surface area contributed by atoms with Gasteiger partial charge in [0.1, 0.15) is 0 Å². The predicted octanol–water partition coefficient (Wildman–Crippen LogP) is 11.3. The molecule has 44 heavy (non-hydrogen) atoms. The van der Waals surface area contributed by atoms with Gasteiger partial charge in [-0.1, -0.05) is 0 Å². The van der Waals surface area contributed by atoms with E-state index in [1.165, 1.54) is 22.3 Å². The molecular weight excluding hydrogens is 656 g/mol. The van der Waals surface area contributed by atoms with Gasteiger partial charge < -0.3 is 0 Å². The second-order valence-corrected chi connectivity index (χ2v) is 37.2. The van der Waals surface area contributed by atoms with Crippen molar-refractivity contribution in [3.63, 3.8) is 0 Å². The number of benzene rings is 4. The summed E-state index contributed by atoms with van der Waals surface area (Å²) in [5.41, 5.74) is 9.55. The first-order valence-electron chi connectivity index (χ1n) is 16.3. The number of hydrogen-bond donors (Lipinski definition) is 0. The molecule has 0 bridgehead atoms. The van der Waals surface area contributed by atoms with Gasteiger partial charge in [0.2, 0.25) is 0 Å². The first-order valence-corrected chi connectivity index (χ1v) is 30.7. The fourth-order valence-corrected chi connectivity index (χ4v) is 32.5. The molecule has 0 heterocycles. The predicted molar refractivity (Wildman–Crippen MR) is 199 cm³/mol. The van der Waals surface area contributed by atoms with Crippen LogP contribution < -0.4 is 0 Å². The fourth-order valence-electron chi connectivity index (χ4n) is 7.64. The van der Waals surface area contributed by atoms with Gasteiger partial charge in [-0.05, 0) is 0 Å². The van der Waals surface area contributed by atoms with E-state index in [0.29, 0.717) is 9.17 Å². The molecule has 0 radical (unpaired) electrons. The van der Waals surface area contributed by atoms with Gasteiger partial charge in [-0.25, -0.2) is 0 Å². The number of allylic oxidation sites excluding steroid dienone is 4. The number of fused-ring (bicyclic) bond motifs is 3. The van der Waals surface area contributed by atoms with Crippen LogP contribution in [0.5, 0.6) is 0 Å². The third-order valence-corrected chi connectivity index (χ3v) is 25.9. The van der Waals surface area contributed by atoms with E-state index < -0.39 is 45.5 Å². The van der Waals surface area contributed by atoms with Crippen molar-refractivity contribution in [2.45, 2.75) is 68.1 Å². The molecule has 0 aromatic heterocycles. The van der Waals surface area contributed by atoms with Crippen LogP contribution in [0.25, 0.3) is 11.1 Å². The quantitative estimate of drug-likeness (QED) is 0.168. The third-order valence-electron chi connectivity index (χ3n) is 9.48. The molecule has 0 aliphatic heterocycles. The zero-order valence-corrected chi connectivity index (χ0v) is 33.6. The van der Waals surface area contributed by atoms with E-state index in [-0.39, 0.29) is 0 Å². The summed E-state index contributed by atoms with van der Waals surface area (Å²) in [6, 6.07) is 41.9. The molecule has 0 amide bonds. The van der Waals surface area contributed by atoms with E-state index in [1.807, 2.05) is 8.48 Å². The van der Waals surface area contributed by atoms with E-state index in [4.69, 9.17) is 0 Å². The zero-order chi connectivity index (χ0) is 31.4. The van der Waals surface area contributed by atoms with Gasteiger partial charge in [-0.15, -0.1) is 0 Å². The van der Waals surface area contributed by atoms with Crippen molar-refractivity contribution in [2.24, 2.45) is 0 Å². The summed E-state index contributed by atoms with van der Waals surface area (Å²) in [7, 11) is -4.95. The van der Waals surface area contributed by atoms with E-state index >= 15 is 0 Å². The average molecular weight is 704 g/mol. The van der Waals surface area contributed by atoms with Gasteiger partial charge in [-0.3, -0.25) is 0 Å². The van der Waals surface area contributed by atoms with Crippen LogP contribution in [-0.2, 0) is 21.3 Å². The summed E-state index contributed by atoms with van der Waals surface area (Å²) in [6.07, 6.45) is 2.88. The molecule has 2 aliphatic carbocycles. The van der Waals surface area contributed by atoms with Crippen molar-refractivity contribution in [3.8, 4) is 11.1 Å². The summed E-state index contributed by atoms with van der Waals surface area (Å²) in [5, 5.41) is 3.68. The van der Waals surface area contributed by atoms with Crippen molar-refractivity contribution < 1.29 is 21.3 Å². The standard InChI is InChI=1S/C14H29Si3.C13H9.C13H10.Zr/c1-15(2,3)12-10-13(16(4,5)6)14(11-12)17(7,8)9;1-3-7-12-10(5-1)9-11-6-2-4-8-13(11)12;1-3-7-12(8-4-1)11-13-9-5-2-6-10-13;/h10,12H,1-9H3;1-9H;1-10H;. The number of hydrogen-bond acceptors (Lipinski definition) is 0. The Balaban J connectivity index is 1.86. The second kappa shape index (κ2) is 11.8. The molecule has 0 spiro atoms. The molecule has 4 heteroatoms. The molecule has 4 aromatic rings. The van der Waals surface area contributed by atoms with Crippen molar-refractivity contribution in [3.05, 3.63) is 151 Å². The Morgan fingerprint density at radius 2 is 0.955 bits per heavy atom. The number of rotatable bonds is 7. The average Bonchev–Trinajstić information content (AvgIpc) is 3.55. The monoisotopic (exact) mass is 702 g/mol. The zero-order valence-electron chi connectivity index (χ0n) is 28.1. The third kappa shape index (κ3) is 5.77. The minimum absolute atomic E-state index is 0.454. The van der Waals surface area contributed by atoms with Crippen LogP contribution in [0.4, 0.5) is 0 Å². The van der Waals surface area contributed by atoms with Crippen molar-refractivity contribution in [2.75, 3.05) is 0 Å². The van der Waals surface area contributed by atoms with Crippen LogP contribution in [0.15, 0.2) is 129 Å². The van der Waals surface area contributed by atoms with Crippen molar-refractivity contribution in [1.29, 1.82) is 0 Å². The summed E-state index contributed by atoms with van der Waals surface area (Å²) in [6.45, 7) is 23.7. The minimum atomic E-state index is -2.89. The Morgan fingerprint density at radius 1 is 0.523 bits per heavy atom. The van der Waals surface area contributed by atoms with Crippen LogP contribution in [-0.4, -0.2) is 27.4 Å². The fraction of sp³-hybridized carbons (Fsp3) is 0.275. The van der Waals surface area contributed by atoms with Gasteiger partial charge in [0.15, 0.2) is 0 Å². The molecule has 0 saturated carbocycles. The first-order chi connectivity index (χ1) is 20.8. The summed E-state index contributed by atoms with van der Waals surface area (Å²) in [5.74, 6) is 0. The second-order valence-electron chi connectivity index (χ2n) is 15.8. The van der Waals surface area contributed by atoms with Crippen molar-refractivity contribution >= 4 is 27.4 Å². The van der Waals surface area contributed by atoms with Crippen LogP contribution >= 0.6 is 0 Å².